The first-order valence-electron chi connectivity index (χ1n) is 7.03. The van der Waals surface area contributed by atoms with Crippen molar-refractivity contribution in [3.05, 3.63) is 0 Å². The summed E-state index contributed by atoms with van der Waals surface area (Å²) in [4.78, 5) is 22.4. The summed E-state index contributed by atoms with van der Waals surface area (Å²) < 4.78 is 31.0. The molecule has 122 valence electrons. The molecule has 0 amide bonds. The van der Waals surface area contributed by atoms with Crippen LogP contribution in [0.5, 0.6) is 0 Å². The average Bonchev–Trinajstić information content (AvgIpc) is 3.12. The number of carboxylic acids is 1. The fraction of sp³-hybridized carbons (Fsp3) is 0.846. The van der Waals surface area contributed by atoms with Gasteiger partial charge in [-0.05, 0) is 24.7 Å². The van der Waals surface area contributed by atoms with Crippen molar-refractivity contribution in [3.63, 3.8) is 0 Å². The number of esters is 1. The molecule has 0 aliphatic heterocycles. The Bertz CT molecular complexity index is 483. The number of carbonyl (C=O) groups is 2. The van der Waals surface area contributed by atoms with Crippen LogP contribution in [-0.4, -0.2) is 44.4 Å². The molecule has 1 saturated carbocycles. The molecule has 7 nitrogen and oxygen atoms in total. The van der Waals surface area contributed by atoms with Crippen molar-refractivity contribution in [2.24, 2.45) is 5.41 Å². The van der Waals surface area contributed by atoms with Gasteiger partial charge in [-0.15, -0.1) is 0 Å². The standard InChI is InChI=1S/C13H23NO6S/c1-3-4-5-10(12(16)17)14-21(18,19)9-13(6-7-13)8-11(15)20-2/h10,14H,3-9H2,1-2H3,(H,16,17). The van der Waals surface area contributed by atoms with Crippen LogP contribution in [0.25, 0.3) is 0 Å². The third kappa shape index (κ3) is 6.01. The van der Waals surface area contributed by atoms with Crippen LogP contribution in [0.2, 0.25) is 0 Å². The Balaban J connectivity index is 2.64. The first kappa shape index (κ1) is 17.9. The third-order valence-electron chi connectivity index (χ3n) is 3.67. The van der Waals surface area contributed by atoms with Gasteiger partial charge < -0.3 is 9.84 Å². The number of rotatable bonds is 10. The highest BCUT2D eigenvalue weighted by Gasteiger charge is 2.48. The molecule has 0 saturated heterocycles. The topological polar surface area (TPSA) is 110 Å². The minimum absolute atomic E-state index is 0.0527. The van der Waals surface area contributed by atoms with Gasteiger partial charge in [-0.2, -0.15) is 0 Å². The molecule has 8 heteroatoms. The van der Waals surface area contributed by atoms with E-state index in [4.69, 9.17) is 5.11 Å². The number of methoxy groups -OCH3 is 1. The number of carboxylic acid groups (broad SMARTS) is 1. The van der Waals surface area contributed by atoms with Crippen molar-refractivity contribution in [1.29, 1.82) is 0 Å². The summed E-state index contributed by atoms with van der Waals surface area (Å²) in [7, 11) is -2.48. The zero-order valence-corrected chi connectivity index (χ0v) is 13.2. The van der Waals surface area contributed by atoms with Gasteiger partial charge in [0.15, 0.2) is 0 Å². The summed E-state index contributed by atoms with van der Waals surface area (Å²) in [6.07, 6.45) is 3.00. The Morgan fingerprint density at radius 3 is 2.43 bits per heavy atom. The number of ether oxygens (including phenoxy) is 1. The first-order chi connectivity index (χ1) is 9.73. The molecule has 1 unspecified atom stereocenters. The van der Waals surface area contributed by atoms with Crippen LogP contribution < -0.4 is 4.72 Å². The summed E-state index contributed by atoms with van der Waals surface area (Å²) >= 11 is 0. The van der Waals surface area contributed by atoms with Crippen LogP contribution in [0, 0.1) is 5.41 Å². The highest BCUT2D eigenvalue weighted by Crippen LogP contribution is 2.49. The van der Waals surface area contributed by atoms with Gasteiger partial charge in [-0.3, -0.25) is 9.59 Å². The van der Waals surface area contributed by atoms with Crippen LogP contribution in [0.3, 0.4) is 0 Å². The molecule has 1 aliphatic carbocycles. The molecule has 1 fully saturated rings. The number of carbonyl (C=O) groups excluding carboxylic acids is 1. The Hall–Kier alpha value is -1.15. The summed E-state index contributed by atoms with van der Waals surface area (Å²) in [6, 6.07) is -1.11. The molecule has 0 aromatic rings. The molecule has 0 spiro atoms. The van der Waals surface area contributed by atoms with E-state index in [9.17, 15) is 18.0 Å². The lowest BCUT2D eigenvalue weighted by Gasteiger charge is -2.18. The zero-order chi connectivity index (χ0) is 16.1. The maximum atomic E-state index is 12.1. The van der Waals surface area contributed by atoms with Crippen LogP contribution in [0.15, 0.2) is 0 Å². The molecule has 1 rings (SSSR count). The number of hydrogen-bond acceptors (Lipinski definition) is 5. The molecule has 2 N–H and O–H groups in total. The number of sulfonamides is 1. The van der Waals surface area contributed by atoms with E-state index in [1.165, 1.54) is 7.11 Å². The lowest BCUT2D eigenvalue weighted by Crippen LogP contribution is -2.43. The van der Waals surface area contributed by atoms with Gasteiger partial charge in [0.05, 0.1) is 19.3 Å². The highest BCUT2D eigenvalue weighted by molar-refractivity contribution is 7.89. The summed E-state index contributed by atoms with van der Waals surface area (Å²) in [5.41, 5.74) is -0.591. The second kappa shape index (κ2) is 7.22. The van der Waals surface area contributed by atoms with Gasteiger partial charge in [-0.1, -0.05) is 19.8 Å². The van der Waals surface area contributed by atoms with Crippen LogP contribution in [0.1, 0.15) is 45.4 Å². The first-order valence-corrected chi connectivity index (χ1v) is 8.68. The molecule has 21 heavy (non-hydrogen) atoms. The van der Waals surface area contributed by atoms with Gasteiger partial charge in [0, 0.05) is 0 Å². The lowest BCUT2D eigenvalue weighted by molar-refractivity contribution is -0.142. The van der Waals surface area contributed by atoms with Crippen molar-refractivity contribution < 1.29 is 27.9 Å². The summed E-state index contributed by atoms with van der Waals surface area (Å²) in [5, 5.41) is 9.06. The van der Waals surface area contributed by atoms with Gasteiger partial charge in [0.25, 0.3) is 0 Å². The van der Waals surface area contributed by atoms with Crippen LogP contribution in [0.4, 0.5) is 0 Å². The molecule has 0 radical (unpaired) electrons. The molecule has 0 aromatic heterocycles. The molecule has 1 aliphatic rings. The molecule has 0 aromatic carbocycles. The molecule has 0 heterocycles. The quantitative estimate of drug-likeness (QED) is 0.578. The minimum Gasteiger partial charge on any atom is -0.480 e. The van der Waals surface area contributed by atoms with E-state index in [0.717, 1.165) is 6.42 Å². The normalized spacial score (nSPS) is 18.0. The molecule has 0 bridgehead atoms. The number of unbranched alkanes of at least 4 members (excludes halogenated alkanes) is 1. The van der Waals surface area contributed by atoms with E-state index in [0.29, 0.717) is 19.3 Å². The van der Waals surface area contributed by atoms with Gasteiger partial charge in [-0.25, -0.2) is 13.1 Å². The zero-order valence-electron chi connectivity index (χ0n) is 12.4. The lowest BCUT2D eigenvalue weighted by atomic mass is 10.1. The number of nitrogens with one attached hydrogen (secondary N) is 1. The van der Waals surface area contributed by atoms with Crippen molar-refractivity contribution in [3.8, 4) is 0 Å². The molecular formula is C13H23NO6S. The van der Waals surface area contributed by atoms with E-state index in [1.807, 2.05) is 6.92 Å². The summed E-state index contributed by atoms with van der Waals surface area (Å²) in [6.45, 7) is 1.91. The van der Waals surface area contributed by atoms with Crippen LogP contribution in [-0.2, 0) is 24.3 Å². The van der Waals surface area contributed by atoms with E-state index in [2.05, 4.69) is 9.46 Å². The predicted molar refractivity (Wildman–Crippen MR) is 76.2 cm³/mol. The monoisotopic (exact) mass is 321 g/mol. The Morgan fingerprint density at radius 1 is 1.38 bits per heavy atom. The minimum atomic E-state index is -3.74. The second-order valence-corrected chi connectivity index (χ2v) is 7.42. The SMILES string of the molecule is CCCCC(NS(=O)(=O)CC1(CC(=O)OC)CC1)C(=O)O. The van der Waals surface area contributed by atoms with E-state index >= 15 is 0 Å². The Kier molecular flexibility index (Phi) is 6.15. The fourth-order valence-corrected chi connectivity index (χ4v) is 4.16. The van der Waals surface area contributed by atoms with E-state index in [-0.39, 0.29) is 18.6 Å². The molecular weight excluding hydrogens is 298 g/mol. The largest absolute Gasteiger partial charge is 0.480 e. The highest BCUT2D eigenvalue weighted by atomic mass is 32.2. The van der Waals surface area contributed by atoms with Gasteiger partial charge >= 0.3 is 11.9 Å². The van der Waals surface area contributed by atoms with Gasteiger partial charge in [0.1, 0.15) is 6.04 Å². The molecule has 1 atom stereocenters. The average molecular weight is 321 g/mol. The van der Waals surface area contributed by atoms with Crippen molar-refractivity contribution in [2.45, 2.75) is 51.5 Å². The van der Waals surface area contributed by atoms with Gasteiger partial charge in [0.2, 0.25) is 10.0 Å². The second-order valence-electron chi connectivity index (χ2n) is 5.66. The van der Waals surface area contributed by atoms with Crippen molar-refractivity contribution in [1.82, 2.24) is 4.72 Å². The number of aliphatic carboxylic acids is 1. The van der Waals surface area contributed by atoms with Crippen molar-refractivity contribution >= 4 is 22.0 Å². The van der Waals surface area contributed by atoms with E-state index in [1.54, 1.807) is 0 Å². The number of hydrogen-bond donors (Lipinski definition) is 2. The maximum absolute atomic E-state index is 12.1. The Labute approximate surface area is 125 Å². The predicted octanol–water partition coefficient (Wildman–Crippen LogP) is 0.893. The maximum Gasteiger partial charge on any atom is 0.321 e. The van der Waals surface area contributed by atoms with E-state index < -0.39 is 33.4 Å². The Morgan fingerprint density at radius 2 is 2.00 bits per heavy atom. The fourth-order valence-electron chi connectivity index (χ4n) is 2.23. The summed E-state index contributed by atoms with van der Waals surface area (Å²) in [5.74, 6) is -1.85. The van der Waals surface area contributed by atoms with Crippen LogP contribution >= 0.6 is 0 Å². The smallest absolute Gasteiger partial charge is 0.321 e. The third-order valence-corrected chi connectivity index (χ3v) is 5.30. The van der Waals surface area contributed by atoms with Crippen molar-refractivity contribution in [2.75, 3.05) is 12.9 Å².